The van der Waals surface area contributed by atoms with Crippen molar-refractivity contribution in [1.82, 2.24) is 4.90 Å². The third kappa shape index (κ3) is 3.89. The molecular formula is C17H23NO5S2. The number of sulfone groups is 1. The van der Waals surface area contributed by atoms with Gasteiger partial charge >= 0.3 is 5.97 Å². The lowest BCUT2D eigenvalue weighted by Gasteiger charge is -2.29. The van der Waals surface area contributed by atoms with Crippen LogP contribution in [0, 0.1) is 0 Å². The van der Waals surface area contributed by atoms with Crippen LogP contribution in [0.1, 0.15) is 46.8 Å². The topological polar surface area (TPSA) is 80.8 Å². The van der Waals surface area contributed by atoms with Gasteiger partial charge in [-0.3, -0.25) is 4.79 Å². The molecule has 25 heavy (non-hydrogen) atoms. The molecule has 2 aliphatic rings. The molecule has 1 aromatic rings. The van der Waals surface area contributed by atoms with Crippen LogP contribution in [-0.2, 0) is 32.2 Å². The molecule has 0 N–H and O–H groups in total. The molecule has 2 atom stereocenters. The van der Waals surface area contributed by atoms with E-state index >= 15 is 0 Å². The standard InChI is InChI=1S/C17H23NO5S2/c1-3-18(13-7-8-25(21,22)10-13)16(19)11(2)23-17(20)15-9-12-5-4-6-14(12)24-15/h9,11,13H,3-8,10H2,1-2H3/t11-,13+/m0/s1. The number of ether oxygens (including phenoxy) is 1. The molecule has 1 aromatic heterocycles. The van der Waals surface area contributed by atoms with E-state index in [1.807, 2.05) is 6.07 Å². The van der Waals surface area contributed by atoms with Crippen LogP contribution in [-0.4, -0.2) is 55.4 Å². The van der Waals surface area contributed by atoms with Crippen molar-refractivity contribution in [1.29, 1.82) is 0 Å². The quantitative estimate of drug-likeness (QED) is 0.722. The third-order valence-corrected chi connectivity index (χ3v) is 7.82. The lowest BCUT2D eigenvalue weighted by molar-refractivity contribution is -0.141. The number of aryl methyl sites for hydroxylation is 2. The number of carbonyl (C=O) groups is 2. The minimum atomic E-state index is -3.07. The molecule has 6 nitrogen and oxygen atoms in total. The second-order valence-electron chi connectivity index (χ2n) is 6.64. The molecule has 1 amide bonds. The molecule has 1 aliphatic heterocycles. The molecule has 0 aromatic carbocycles. The number of amides is 1. The molecule has 8 heteroatoms. The van der Waals surface area contributed by atoms with E-state index in [2.05, 4.69) is 0 Å². The molecule has 0 bridgehead atoms. The maximum absolute atomic E-state index is 12.6. The molecule has 1 aliphatic carbocycles. The summed E-state index contributed by atoms with van der Waals surface area (Å²) in [7, 11) is -3.07. The SMILES string of the molecule is CCN(C(=O)[C@H](C)OC(=O)c1cc2c(s1)CCC2)[C@@H]1CCS(=O)(=O)C1. The fourth-order valence-corrected chi connectivity index (χ4v) is 6.41. The van der Waals surface area contributed by atoms with Gasteiger partial charge in [-0.05, 0) is 51.2 Å². The average Bonchev–Trinajstić information content (AvgIpc) is 3.22. The van der Waals surface area contributed by atoms with Crippen LogP contribution in [0.15, 0.2) is 6.07 Å². The van der Waals surface area contributed by atoms with Gasteiger partial charge in [-0.15, -0.1) is 11.3 Å². The van der Waals surface area contributed by atoms with E-state index in [1.165, 1.54) is 26.7 Å². The molecule has 0 saturated carbocycles. The van der Waals surface area contributed by atoms with Gasteiger partial charge in [-0.25, -0.2) is 13.2 Å². The Morgan fingerprint density at radius 2 is 2.16 bits per heavy atom. The molecule has 0 unspecified atom stereocenters. The number of rotatable bonds is 5. The van der Waals surface area contributed by atoms with E-state index in [4.69, 9.17) is 4.74 Å². The Morgan fingerprint density at radius 1 is 1.40 bits per heavy atom. The van der Waals surface area contributed by atoms with Crippen LogP contribution in [0.3, 0.4) is 0 Å². The van der Waals surface area contributed by atoms with Gasteiger partial charge in [-0.1, -0.05) is 0 Å². The van der Waals surface area contributed by atoms with Crippen molar-refractivity contribution in [2.75, 3.05) is 18.1 Å². The van der Waals surface area contributed by atoms with Crippen LogP contribution in [0.5, 0.6) is 0 Å². The summed E-state index contributed by atoms with van der Waals surface area (Å²) in [5, 5.41) is 0. The second-order valence-corrected chi connectivity index (χ2v) is 10.0. The maximum Gasteiger partial charge on any atom is 0.349 e. The highest BCUT2D eigenvalue weighted by Gasteiger charge is 2.36. The van der Waals surface area contributed by atoms with Crippen molar-refractivity contribution in [2.24, 2.45) is 0 Å². The Morgan fingerprint density at radius 3 is 2.76 bits per heavy atom. The van der Waals surface area contributed by atoms with Crippen molar-refractivity contribution in [2.45, 2.75) is 51.7 Å². The number of hydrogen-bond acceptors (Lipinski definition) is 6. The number of hydrogen-bond donors (Lipinski definition) is 0. The first-order chi connectivity index (χ1) is 11.8. The predicted octanol–water partition coefficient (Wildman–Crippen LogP) is 1.82. The zero-order valence-corrected chi connectivity index (χ0v) is 16.1. The number of carbonyl (C=O) groups excluding carboxylic acids is 2. The maximum atomic E-state index is 12.6. The molecule has 2 heterocycles. The second kappa shape index (κ2) is 7.07. The normalized spacial score (nSPS) is 22.4. The third-order valence-electron chi connectivity index (χ3n) is 4.85. The van der Waals surface area contributed by atoms with Crippen molar-refractivity contribution >= 4 is 33.1 Å². The Hall–Kier alpha value is -1.41. The van der Waals surface area contributed by atoms with E-state index in [1.54, 1.807) is 13.8 Å². The first-order valence-corrected chi connectivity index (χ1v) is 11.3. The number of thiophene rings is 1. The highest BCUT2D eigenvalue weighted by molar-refractivity contribution is 7.91. The number of nitrogens with zero attached hydrogens (tertiary/aromatic N) is 1. The lowest BCUT2D eigenvalue weighted by Crippen LogP contribution is -2.46. The molecule has 3 rings (SSSR count). The molecule has 0 radical (unpaired) electrons. The van der Waals surface area contributed by atoms with Gasteiger partial charge in [0.15, 0.2) is 15.9 Å². The van der Waals surface area contributed by atoms with Crippen molar-refractivity contribution < 1.29 is 22.7 Å². The van der Waals surface area contributed by atoms with Gasteiger partial charge in [0, 0.05) is 17.5 Å². The van der Waals surface area contributed by atoms with Gasteiger partial charge < -0.3 is 9.64 Å². The van der Waals surface area contributed by atoms with Crippen molar-refractivity contribution in [3.63, 3.8) is 0 Å². The summed E-state index contributed by atoms with van der Waals surface area (Å²) >= 11 is 1.44. The highest BCUT2D eigenvalue weighted by atomic mass is 32.2. The number of likely N-dealkylation sites (N-methyl/N-ethyl adjacent to an activating group) is 1. The zero-order chi connectivity index (χ0) is 18.2. The van der Waals surface area contributed by atoms with Gasteiger partial charge in [-0.2, -0.15) is 0 Å². The van der Waals surface area contributed by atoms with E-state index in [0.29, 0.717) is 17.8 Å². The first kappa shape index (κ1) is 18.4. The minimum Gasteiger partial charge on any atom is -0.448 e. The molecule has 1 saturated heterocycles. The fraction of sp³-hybridized carbons (Fsp3) is 0.647. The molecule has 138 valence electrons. The van der Waals surface area contributed by atoms with Gasteiger partial charge in [0.25, 0.3) is 5.91 Å². The van der Waals surface area contributed by atoms with E-state index in [0.717, 1.165) is 19.3 Å². The highest BCUT2D eigenvalue weighted by Crippen LogP contribution is 2.31. The molecule has 1 fully saturated rings. The number of fused-ring (bicyclic) bond motifs is 1. The smallest absolute Gasteiger partial charge is 0.349 e. The van der Waals surface area contributed by atoms with Gasteiger partial charge in [0.2, 0.25) is 0 Å². The Bertz CT molecular complexity index is 761. The molecular weight excluding hydrogens is 362 g/mol. The summed E-state index contributed by atoms with van der Waals surface area (Å²) in [5.74, 6) is -0.710. The lowest BCUT2D eigenvalue weighted by atomic mass is 10.2. The average molecular weight is 386 g/mol. The summed E-state index contributed by atoms with van der Waals surface area (Å²) in [4.78, 5) is 28.3. The van der Waals surface area contributed by atoms with E-state index < -0.39 is 21.9 Å². The predicted molar refractivity (Wildman–Crippen MR) is 95.7 cm³/mol. The monoisotopic (exact) mass is 385 g/mol. The van der Waals surface area contributed by atoms with Crippen LogP contribution in [0.4, 0.5) is 0 Å². The summed E-state index contributed by atoms with van der Waals surface area (Å²) in [5.41, 5.74) is 1.21. The van der Waals surface area contributed by atoms with E-state index in [9.17, 15) is 18.0 Å². The first-order valence-electron chi connectivity index (χ1n) is 8.64. The molecule has 0 spiro atoms. The van der Waals surface area contributed by atoms with E-state index in [-0.39, 0.29) is 23.5 Å². The fourth-order valence-electron chi connectivity index (χ4n) is 3.55. The largest absolute Gasteiger partial charge is 0.448 e. The Balaban J connectivity index is 1.63. The van der Waals surface area contributed by atoms with Gasteiger partial charge in [0.1, 0.15) is 4.88 Å². The summed E-state index contributed by atoms with van der Waals surface area (Å²) in [6, 6.07) is 1.54. The number of esters is 1. The van der Waals surface area contributed by atoms with Crippen LogP contribution >= 0.6 is 11.3 Å². The Labute approximate surface area is 152 Å². The minimum absolute atomic E-state index is 0.00904. The summed E-state index contributed by atoms with van der Waals surface area (Å²) in [6.07, 6.45) is 2.64. The van der Waals surface area contributed by atoms with Crippen LogP contribution < -0.4 is 0 Å². The summed E-state index contributed by atoms with van der Waals surface area (Å²) < 4.78 is 28.7. The zero-order valence-electron chi connectivity index (χ0n) is 14.5. The van der Waals surface area contributed by atoms with Crippen LogP contribution in [0.2, 0.25) is 0 Å². The van der Waals surface area contributed by atoms with Crippen molar-refractivity contribution in [3.8, 4) is 0 Å². The van der Waals surface area contributed by atoms with Gasteiger partial charge in [0.05, 0.1) is 11.5 Å². The van der Waals surface area contributed by atoms with Crippen LogP contribution in [0.25, 0.3) is 0 Å². The summed E-state index contributed by atoms with van der Waals surface area (Å²) in [6.45, 7) is 3.75. The van der Waals surface area contributed by atoms with Crippen molar-refractivity contribution in [3.05, 3.63) is 21.4 Å². The Kier molecular flexibility index (Phi) is 5.20.